The Hall–Kier alpha value is -2.27. The third-order valence-electron chi connectivity index (χ3n) is 3.67. The van der Waals surface area contributed by atoms with E-state index in [4.69, 9.17) is 4.74 Å². The van der Waals surface area contributed by atoms with Gasteiger partial charge in [-0.2, -0.15) is 0 Å². The van der Waals surface area contributed by atoms with Crippen LogP contribution in [0, 0.1) is 5.82 Å². The Kier molecular flexibility index (Phi) is 4.88. The van der Waals surface area contributed by atoms with Gasteiger partial charge in [-0.25, -0.2) is 9.18 Å². The number of hydrogen-bond acceptors (Lipinski definition) is 3. The Balaban J connectivity index is 2.44. The molecule has 0 atom stereocenters. The van der Waals surface area contributed by atoms with Crippen LogP contribution < -0.4 is 0 Å². The molecule has 0 aliphatic heterocycles. The minimum Gasteiger partial charge on any atom is -0.478 e. The maximum absolute atomic E-state index is 13.0. The minimum atomic E-state index is -1.23. The first kappa shape index (κ1) is 16.1. The number of halogens is 1. The first-order chi connectivity index (χ1) is 10.5. The fourth-order valence-electron chi connectivity index (χ4n) is 2.66. The van der Waals surface area contributed by atoms with Gasteiger partial charge in [-0.05, 0) is 43.0 Å². The van der Waals surface area contributed by atoms with Crippen LogP contribution in [0.2, 0.25) is 0 Å². The summed E-state index contributed by atoms with van der Waals surface area (Å²) in [5.74, 6) is -2.16. The zero-order chi connectivity index (χ0) is 16.3. The van der Waals surface area contributed by atoms with E-state index >= 15 is 0 Å². The van der Waals surface area contributed by atoms with Gasteiger partial charge in [-0.1, -0.05) is 17.7 Å². The SMILES string of the molecule is COCCC1=C(C(=O)O)C(=O)C(c2ccc(F)cc2)=C(C)C1. The second-order valence-electron chi connectivity index (χ2n) is 5.19. The van der Waals surface area contributed by atoms with Crippen molar-refractivity contribution in [3.05, 3.63) is 52.4 Å². The highest BCUT2D eigenvalue weighted by molar-refractivity contribution is 6.38. The molecule has 1 aromatic rings. The number of ether oxygens (including phenoxy) is 1. The number of carboxylic acid groups (broad SMARTS) is 1. The summed E-state index contributed by atoms with van der Waals surface area (Å²) >= 11 is 0. The van der Waals surface area contributed by atoms with Crippen LogP contribution in [-0.2, 0) is 14.3 Å². The summed E-state index contributed by atoms with van der Waals surface area (Å²) in [6, 6.07) is 5.50. The number of carboxylic acids is 1. The van der Waals surface area contributed by atoms with Gasteiger partial charge in [0.05, 0.1) is 0 Å². The van der Waals surface area contributed by atoms with E-state index in [2.05, 4.69) is 0 Å². The lowest BCUT2D eigenvalue weighted by molar-refractivity contribution is -0.134. The van der Waals surface area contributed by atoms with Crippen LogP contribution in [0.5, 0.6) is 0 Å². The summed E-state index contributed by atoms with van der Waals surface area (Å²) in [7, 11) is 1.53. The first-order valence-electron chi connectivity index (χ1n) is 6.90. The minimum absolute atomic E-state index is 0.193. The number of carbonyl (C=O) groups excluding carboxylic acids is 1. The van der Waals surface area contributed by atoms with Crippen molar-refractivity contribution < 1.29 is 23.8 Å². The van der Waals surface area contributed by atoms with Crippen molar-refractivity contribution in [3.63, 3.8) is 0 Å². The molecule has 0 aromatic heterocycles. The van der Waals surface area contributed by atoms with Crippen LogP contribution in [-0.4, -0.2) is 30.6 Å². The topological polar surface area (TPSA) is 63.6 Å². The fourth-order valence-corrected chi connectivity index (χ4v) is 2.66. The highest BCUT2D eigenvalue weighted by Gasteiger charge is 2.31. The summed E-state index contributed by atoms with van der Waals surface area (Å²) in [6.07, 6.45) is 0.807. The highest BCUT2D eigenvalue weighted by Crippen LogP contribution is 2.34. The monoisotopic (exact) mass is 304 g/mol. The van der Waals surface area contributed by atoms with Crippen molar-refractivity contribution in [1.82, 2.24) is 0 Å². The van der Waals surface area contributed by atoms with Crippen LogP contribution in [0.4, 0.5) is 4.39 Å². The maximum Gasteiger partial charge on any atom is 0.339 e. The van der Waals surface area contributed by atoms with Crippen molar-refractivity contribution >= 4 is 17.3 Å². The Bertz CT molecular complexity index is 668. The molecule has 0 fully saturated rings. The molecule has 1 aromatic carbocycles. The van der Waals surface area contributed by atoms with E-state index < -0.39 is 17.6 Å². The van der Waals surface area contributed by atoms with Crippen molar-refractivity contribution in [3.8, 4) is 0 Å². The number of hydrogen-bond donors (Lipinski definition) is 1. The Morgan fingerprint density at radius 3 is 2.50 bits per heavy atom. The molecule has 2 rings (SSSR count). The van der Waals surface area contributed by atoms with Gasteiger partial charge in [0.25, 0.3) is 0 Å². The molecular weight excluding hydrogens is 287 g/mol. The Morgan fingerprint density at radius 2 is 1.95 bits per heavy atom. The Morgan fingerprint density at radius 1 is 1.32 bits per heavy atom. The van der Waals surface area contributed by atoms with Crippen LogP contribution in [0.15, 0.2) is 41.0 Å². The van der Waals surface area contributed by atoms with Gasteiger partial charge in [-0.15, -0.1) is 0 Å². The molecule has 0 bridgehead atoms. The van der Waals surface area contributed by atoms with Crippen molar-refractivity contribution in [1.29, 1.82) is 0 Å². The molecule has 1 aliphatic carbocycles. The number of ketones is 1. The molecule has 0 heterocycles. The zero-order valence-electron chi connectivity index (χ0n) is 12.5. The van der Waals surface area contributed by atoms with Crippen molar-refractivity contribution in [2.24, 2.45) is 0 Å². The highest BCUT2D eigenvalue weighted by atomic mass is 19.1. The van der Waals surface area contributed by atoms with Gasteiger partial charge in [0.1, 0.15) is 11.4 Å². The molecule has 22 heavy (non-hydrogen) atoms. The molecule has 1 aliphatic rings. The number of aliphatic carboxylic acids is 1. The fraction of sp³-hybridized carbons (Fsp3) is 0.294. The van der Waals surface area contributed by atoms with Gasteiger partial charge >= 0.3 is 5.97 Å². The molecule has 0 saturated carbocycles. The molecule has 116 valence electrons. The normalized spacial score (nSPS) is 15.5. The quantitative estimate of drug-likeness (QED) is 0.849. The smallest absolute Gasteiger partial charge is 0.339 e. The maximum atomic E-state index is 13.0. The van der Waals surface area contributed by atoms with Crippen molar-refractivity contribution in [2.75, 3.05) is 13.7 Å². The van der Waals surface area contributed by atoms with Gasteiger partial charge in [-0.3, -0.25) is 4.79 Å². The summed E-state index contributed by atoms with van der Waals surface area (Å²) in [6.45, 7) is 2.15. The molecule has 0 amide bonds. The van der Waals surface area contributed by atoms with Crippen LogP contribution in [0.1, 0.15) is 25.3 Å². The average molecular weight is 304 g/mol. The van der Waals surface area contributed by atoms with Crippen LogP contribution in [0.3, 0.4) is 0 Å². The number of carbonyl (C=O) groups is 2. The summed E-state index contributed by atoms with van der Waals surface area (Å²) in [5, 5.41) is 9.37. The zero-order valence-corrected chi connectivity index (χ0v) is 12.5. The van der Waals surface area contributed by atoms with Crippen molar-refractivity contribution in [2.45, 2.75) is 19.8 Å². The molecule has 0 spiro atoms. The molecule has 5 heteroatoms. The number of benzene rings is 1. The average Bonchev–Trinajstić information content (AvgIpc) is 2.46. The lowest BCUT2D eigenvalue weighted by Crippen LogP contribution is -2.22. The molecule has 0 saturated heterocycles. The number of Topliss-reactive ketones (excluding diaryl/α,β-unsaturated/α-hetero) is 1. The van der Waals surface area contributed by atoms with E-state index in [9.17, 15) is 19.1 Å². The molecular formula is C17H17FO4. The molecule has 0 unspecified atom stereocenters. The Labute approximate surface area is 127 Å². The largest absolute Gasteiger partial charge is 0.478 e. The van der Waals surface area contributed by atoms with Crippen LogP contribution in [0.25, 0.3) is 5.57 Å². The van der Waals surface area contributed by atoms with E-state index in [1.54, 1.807) is 6.92 Å². The second kappa shape index (κ2) is 6.66. The third kappa shape index (κ3) is 3.14. The lowest BCUT2D eigenvalue weighted by Gasteiger charge is -2.21. The van der Waals surface area contributed by atoms with Crippen LogP contribution >= 0.6 is 0 Å². The molecule has 1 N–H and O–H groups in total. The van der Waals surface area contributed by atoms with Gasteiger partial charge in [0.15, 0.2) is 0 Å². The second-order valence-corrected chi connectivity index (χ2v) is 5.19. The predicted octanol–water partition coefficient (Wildman–Crippen LogP) is 2.99. The lowest BCUT2D eigenvalue weighted by atomic mass is 9.81. The van der Waals surface area contributed by atoms with Gasteiger partial charge in [0, 0.05) is 19.3 Å². The summed E-state index contributed by atoms with van der Waals surface area (Å²) < 4.78 is 18.0. The molecule has 4 nitrogen and oxygen atoms in total. The van der Waals surface area contributed by atoms with E-state index in [1.165, 1.54) is 31.4 Å². The number of allylic oxidation sites excluding steroid dienone is 2. The summed E-state index contributed by atoms with van der Waals surface area (Å²) in [4.78, 5) is 24.1. The standard InChI is InChI=1S/C17H17FO4/c1-10-9-12(7-8-22-2)15(17(20)21)16(19)14(10)11-3-5-13(18)6-4-11/h3-6H,7-9H2,1-2H3,(H,20,21). The van der Waals surface area contributed by atoms with Gasteiger partial charge in [0.2, 0.25) is 5.78 Å². The van der Waals surface area contributed by atoms with E-state index in [0.29, 0.717) is 36.2 Å². The first-order valence-corrected chi connectivity index (χ1v) is 6.90. The number of rotatable bonds is 5. The third-order valence-corrected chi connectivity index (χ3v) is 3.67. The van der Waals surface area contributed by atoms with E-state index in [-0.39, 0.29) is 5.57 Å². The van der Waals surface area contributed by atoms with Gasteiger partial charge < -0.3 is 9.84 Å². The molecule has 0 radical (unpaired) electrons. The predicted molar refractivity (Wildman–Crippen MR) is 79.8 cm³/mol. The summed E-state index contributed by atoms with van der Waals surface area (Å²) in [5.41, 5.74) is 2.05. The number of methoxy groups -OCH3 is 1. The van der Waals surface area contributed by atoms with E-state index in [0.717, 1.165) is 5.57 Å². The van der Waals surface area contributed by atoms with E-state index in [1.807, 2.05) is 0 Å².